The van der Waals surface area contributed by atoms with E-state index >= 15 is 0 Å². The largest absolute Gasteiger partial charge is 0.462 e. The van der Waals surface area contributed by atoms with E-state index in [4.69, 9.17) is 4.74 Å². The maximum atomic E-state index is 12.8. The van der Waals surface area contributed by atoms with Gasteiger partial charge in [0, 0.05) is 24.0 Å². The van der Waals surface area contributed by atoms with E-state index in [1.807, 2.05) is 42.2 Å². The second-order valence-electron chi connectivity index (χ2n) is 6.20. The molecule has 148 valence electrons. The zero-order valence-electron chi connectivity index (χ0n) is 16.5. The minimum absolute atomic E-state index is 0.265. The number of carbonyl (C=O) groups is 2. The molecule has 3 aromatic rings. The molecule has 1 amide bonds. The first kappa shape index (κ1) is 20.1. The molecule has 0 radical (unpaired) electrons. The number of hydrogen-bond acceptors (Lipinski definition) is 5. The lowest BCUT2D eigenvalue weighted by Crippen LogP contribution is -2.19. The first-order chi connectivity index (χ1) is 14.1. The van der Waals surface area contributed by atoms with Crippen molar-refractivity contribution < 1.29 is 14.3 Å². The third-order valence-corrected chi connectivity index (χ3v) is 4.34. The minimum atomic E-state index is -0.472. The van der Waals surface area contributed by atoms with Crippen LogP contribution in [0.3, 0.4) is 0 Å². The van der Waals surface area contributed by atoms with Crippen molar-refractivity contribution in [3.05, 3.63) is 84.1 Å². The summed E-state index contributed by atoms with van der Waals surface area (Å²) in [6, 6.07) is 20.0. The second kappa shape index (κ2) is 9.50. The molecule has 0 fully saturated rings. The topological polar surface area (TPSA) is 71.5 Å². The molecule has 3 rings (SSSR count). The Hall–Kier alpha value is -3.67. The van der Waals surface area contributed by atoms with Crippen LogP contribution in [0.25, 0.3) is 0 Å². The van der Waals surface area contributed by atoms with E-state index in [9.17, 15) is 9.59 Å². The van der Waals surface area contributed by atoms with E-state index in [1.54, 1.807) is 49.5 Å². The summed E-state index contributed by atoms with van der Waals surface area (Å²) in [4.78, 5) is 31.4. The average Bonchev–Trinajstić information content (AvgIpc) is 2.76. The summed E-state index contributed by atoms with van der Waals surface area (Å²) in [5.74, 6) is -0.125. The fraction of sp³-hybridized carbons (Fsp3) is 0.174. The molecule has 29 heavy (non-hydrogen) atoms. The van der Waals surface area contributed by atoms with Crippen LogP contribution in [0, 0.1) is 0 Å². The normalized spacial score (nSPS) is 10.3. The zero-order chi connectivity index (χ0) is 20.6. The van der Waals surface area contributed by atoms with Crippen LogP contribution in [0.1, 0.15) is 34.6 Å². The molecule has 6 nitrogen and oxygen atoms in total. The van der Waals surface area contributed by atoms with E-state index in [2.05, 4.69) is 10.3 Å². The number of nitrogens with zero attached hydrogens (tertiary/aromatic N) is 2. The molecule has 1 aromatic heterocycles. The predicted molar refractivity (Wildman–Crippen MR) is 114 cm³/mol. The number of aromatic nitrogens is 1. The van der Waals surface area contributed by atoms with Crippen molar-refractivity contribution in [3.63, 3.8) is 0 Å². The van der Waals surface area contributed by atoms with Crippen LogP contribution in [-0.2, 0) is 4.74 Å². The first-order valence-electron chi connectivity index (χ1n) is 9.50. The summed E-state index contributed by atoms with van der Waals surface area (Å²) >= 11 is 0. The van der Waals surface area contributed by atoms with E-state index < -0.39 is 5.97 Å². The van der Waals surface area contributed by atoms with Gasteiger partial charge in [-0.15, -0.1) is 0 Å². The quantitative estimate of drug-likeness (QED) is 0.595. The molecule has 6 heteroatoms. The Balaban J connectivity index is 1.85. The van der Waals surface area contributed by atoms with Crippen LogP contribution in [0.5, 0.6) is 0 Å². The molecule has 0 aliphatic heterocycles. The molecule has 0 aliphatic rings. The maximum Gasteiger partial charge on any atom is 0.340 e. The van der Waals surface area contributed by atoms with Gasteiger partial charge in [-0.05, 0) is 50.2 Å². The highest BCUT2D eigenvalue weighted by Gasteiger charge is 2.16. The Morgan fingerprint density at radius 1 is 1.00 bits per heavy atom. The summed E-state index contributed by atoms with van der Waals surface area (Å²) in [5, 5.41) is 2.80. The summed E-state index contributed by atoms with van der Waals surface area (Å²) in [6.45, 7) is 4.73. The van der Waals surface area contributed by atoms with Crippen LogP contribution >= 0.6 is 0 Å². The van der Waals surface area contributed by atoms with Gasteiger partial charge in [-0.1, -0.05) is 30.3 Å². The summed E-state index contributed by atoms with van der Waals surface area (Å²) < 4.78 is 5.06. The molecule has 2 aromatic carbocycles. The number of rotatable bonds is 7. The maximum absolute atomic E-state index is 12.8. The Morgan fingerprint density at radius 2 is 1.72 bits per heavy atom. The summed E-state index contributed by atoms with van der Waals surface area (Å²) in [5.41, 5.74) is 2.16. The number of para-hydroxylation sites is 2. The number of anilines is 3. The second-order valence-corrected chi connectivity index (χ2v) is 6.20. The first-order valence-corrected chi connectivity index (χ1v) is 9.50. The number of ether oxygens (including phenoxy) is 1. The molecule has 1 N–H and O–H groups in total. The highest BCUT2D eigenvalue weighted by atomic mass is 16.5. The highest BCUT2D eigenvalue weighted by molar-refractivity contribution is 6.08. The SMILES string of the molecule is CCOC(=O)c1ccccc1NC(=O)c1ccnc(N(CC)c2ccccc2)c1. The lowest BCUT2D eigenvalue weighted by molar-refractivity contribution is 0.0527. The van der Waals surface area contributed by atoms with Crippen LogP contribution in [-0.4, -0.2) is 30.0 Å². The number of esters is 1. The fourth-order valence-corrected chi connectivity index (χ4v) is 2.97. The van der Waals surface area contributed by atoms with Gasteiger partial charge >= 0.3 is 5.97 Å². The van der Waals surface area contributed by atoms with Gasteiger partial charge in [-0.3, -0.25) is 4.79 Å². The lowest BCUT2D eigenvalue weighted by atomic mass is 10.1. The third kappa shape index (κ3) is 4.79. The molecule has 0 saturated carbocycles. The smallest absolute Gasteiger partial charge is 0.340 e. The monoisotopic (exact) mass is 389 g/mol. The molecule has 0 bridgehead atoms. The van der Waals surface area contributed by atoms with Crippen LogP contribution in [0.4, 0.5) is 17.2 Å². The Kier molecular flexibility index (Phi) is 6.58. The van der Waals surface area contributed by atoms with Gasteiger partial charge in [0.25, 0.3) is 5.91 Å². The molecular weight excluding hydrogens is 366 g/mol. The Morgan fingerprint density at radius 3 is 2.45 bits per heavy atom. The van der Waals surface area contributed by atoms with Crippen molar-refractivity contribution in [3.8, 4) is 0 Å². The van der Waals surface area contributed by atoms with Gasteiger partial charge in [0.2, 0.25) is 0 Å². The third-order valence-electron chi connectivity index (χ3n) is 4.34. The zero-order valence-corrected chi connectivity index (χ0v) is 16.5. The number of amides is 1. The van der Waals surface area contributed by atoms with E-state index in [0.717, 1.165) is 5.69 Å². The van der Waals surface area contributed by atoms with Gasteiger partial charge in [-0.2, -0.15) is 0 Å². The fourth-order valence-electron chi connectivity index (χ4n) is 2.97. The highest BCUT2D eigenvalue weighted by Crippen LogP contribution is 2.24. The van der Waals surface area contributed by atoms with Crippen LogP contribution in [0.2, 0.25) is 0 Å². The number of pyridine rings is 1. The number of nitrogens with one attached hydrogen (secondary N) is 1. The molecule has 0 atom stereocenters. The van der Waals surface area contributed by atoms with Gasteiger partial charge in [0.15, 0.2) is 0 Å². The van der Waals surface area contributed by atoms with Crippen molar-refractivity contribution in [1.82, 2.24) is 4.98 Å². The van der Waals surface area contributed by atoms with Crippen LogP contribution < -0.4 is 10.2 Å². The van der Waals surface area contributed by atoms with E-state index in [-0.39, 0.29) is 12.5 Å². The van der Waals surface area contributed by atoms with Gasteiger partial charge < -0.3 is 15.0 Å². The van der Waals surface area contributed by atoms with Crippen molar-refractivity contribution >= 4 is 29.1 Å². The number of carbonyl (C=O) groups excluding carboxylic acids is 2. The molecule has 0 saturated heterocycles. The van der Waals surface area contributed by atoms with Crippen molar-refractivity contribution in [2.45, 2.75) is 13.8 Å². The van der Waals surface area contributed by atoms with Crippen molar-refractivity contribution in [2.75, 3.05) is 23.4 Å². The minimum Gasteiger partial charge on any atom is -0.462 e. The molecule has 0 unspecified atom stereocenters. The van der Waals surface area contributed by atoms with E-state index in [1.165, 1.54) is 0 Å². The summed E-state index contributed by atoms with van der Waals surface area (Å²) in [7, 11) is 0. The van der Waals surface area contributed by atoms with Gasteiger partial charge in [0.1, 0.15) is 5.82 Å². The lowest BCUT2D eigenvalue weighted by Gasteiger charge is -2.22. The standard InChI is InChI=1S/C23H23N3O3/c1-3-26(18-10-6-5-7-11-18)21-16-17(14-15-24-21)22(27)25-20-13-9-8-12-19(20)23(28)29-4-2/h5-16H,3-4H2,1-2H3,(H,25,27). The molecule has 0 aliphatic carbocycles. The Labute approximate surface area is 170 Å². The van der Waals surface area contributed by atoms with Crippen LogP contribution in [0.15, 0.2) is 72.9 Å². The number of hydrogen-bond donors (Lipinski definition) is 1. The van der Waals surface area contributed by atoms with Crippen molar-refractivity contribution in [1.29, 1.82) is 0 Å². The molecule has 0 spiro atoms. The number of benzene rings is 2. The van der Waals surface area contributed by atoms with Gasteiger partial charge in [-0.25, -0.2) is 9.78 Å². The summed E-state index contributed by atoms with van der Waals surface area (Å²) in [6.07, 6.45) is 1.60. The predicted octanol–water partition coefficient (Wildman–Crippen LogP) is 4.67. The van der Waals surface area contributed by atoms with E-state index in [0.29, 0.717) is 29.2 Å². The average molecular weight is 389 g/mol. The van der Waals surface area contributed by atoms with Gasteiger partial charge in [0.05, 0.1) is 17.9 Å². The Bertz CT molecular complexity index is 989. The van der Waals surface area contributed by atoms with Crippen molar-refractivity contribution in [2.24, 2.45) is 0 Å². The molecular formula is C23H23N3O3. The molecule has 1 heterocycles.